The Labute approximate surface area is 466 Å². The number of unbranched alkanes of at least 4 members (excludes halogenated alkanes) is 48. The van der Waals surface area contributed by atoms with E-state index in [2.05, 4.69) is 13.8 Å². The maximum absolute atomic E-state index is 12.9. The zero-order valence-electron chi connectivity index (χ0n) is 51.0. The molecule has 0 saturated carbocycles. The molecule has 0 heterocycles. The van der Waals surface area contributed by atoms with Gasteiger partial charge in [-0.2, -0.15) is 0 Å². The Bertz CT molecular complexity index is 1190. The van der Waals surface area contributed by atoms with Gasteiger partial charge in [-0.05, 0) is 12.8 Å². The van der Waals surface area contributed by atoms with Crippen molar-refractivity contribution >= 4 is 17.9 Å². The van der Waals surface area contributed by atoms with Gasteiger partial charge in [0.25, 0.3) is 0 Å². The van der Waals surface area contributed by atoms with Crippen molar-refractivity contribution in [2.24, 2.45) is 0 Å². The first-order valence-electron chi connectivity index (χ1n) is 33.2. The molecule has 0 fully saturated rings. The molecular weight excluding hydrogens is 935 g/mol. The van der Waals surface area contributed by atoms with Gasteiger partial charge in [-0.1, -0.05) is 322 Å². The van der Waals surface area contributed by atoms with E-state index >= 15 is 0 Å². The molecule has 0 bridgehead atoms. The molecule has 0 aromatic heterocycles. The number of carbonyl (C=O) groups excluding carboxylic acids is 3. The Morgan fingerprint density at radius 2 is 0.600 bits per heavy atom. The van der Waals surface area contributed by atoms with Gasteiger partial charge in [-0.15, -0.1) is 0 Å². The number of esters is 2. The van der Waals surface area contributed by atoms with Crippen LogP contribution in [0.2, 0.25) is 0 Å². The lowest BCUT2D eigenvalue weighted by Crippen LogP contribution is -2.44. The molecule has 0 radical (unpaired) electrons. The highest BCUT2D eigenvalue weighted by Crippen LogP contribution is 2.19. The molecule has 0 aliphatic heterocycles. The predicted octanol–water partition coefficient (Wildman–Crippen LogP) is 18.6. The summed E-state index contributed by atoms with van der Waals surface area (Å²) < 4.78 is 22.8. The van der Waals surface area contributed by atoms with Crippen molar-refractivity contribution in [1.82, 2.24) is 0 Å². The second-order valence-electron chi connectivity index (χ2n) is 24.1. The van der Waals surface area contributed by atoms with Crippen LogP contribution in [0.15, 0.2) is 0 Å². The van der Waals surface area contributed by atoms with Crippen molar-refractivity contribution in [3.8, 4) is 0 Å². The molecule has 0 aliphatic carbocycles. The smallest absolute Gasteiger partial charge is 0.306 e. The lowest BCUT2D eigenvalue weighted by atomic mass is 10.0. The number of quaternary nitrogens is 1. The van der Waals surface area contributed by atoms with Crippen LogP contribution < -0.4 is 5.11 Å². The van der Waals surface area contributed by atoms with Gasteiger partial charge in [0, 0.05) is 12.8 Å². The first kappa shape index (κ1) is 73.3. The molecule has 0 saturated heterocycles. The first-order valence-corrected chi connectivity index (χ1v) is 33.2. The van der Waals surface area contributed by atoms with Crippen LogP contribution in [-0.2, 0) is 33.3 Å². The van der Waals surface area contributed by atoms with Gasteiger partial charge in [0.2, 0.25) is 0 Å². The fourth-order valence-electron chi connectivity index (χ4n) is 10.2. The third-order valence-electron chi connectivity index (χ3n) is 15.4. The third kappa shape index (κ3) is 59.8. The lowest BCUT2D eigenvalue weighted by Gasteiger charge is -2.26. The van der Waals surface area contributed by atoms with Gasteiger partial charge in [-0.3, -0.25) is 9.59 Å². The molecule has 0 rings (SSSR count). The van der Waals surface area contributed by atoms with E-state index < -0.39 is 24.3 Å². The molecule has 2 atom stereocenters. The number of hydrogen-bond acceptors (Lipinski definition) is 8. The number of carboxylic acids is 1. The number of nitrogens with zero attached hydrogens (tertiary/aromatic N) is 1. The minimum Gasteiger partial charge on any atom is -0.545 e. The van der Waals surface area contributed by atoms with E-state index in [1.54, 1.807) is 0 Å². The standard InChI is InChI=1S/C66H129NO8/c1-6-8-10-12-14-16-18-20-22-24-26-28-30-31-32-33-34-35-37-39-41-43-45-47-49-51-53-55-57-64(69)75-62(61-74-66(65(70)71)72-59-58-67(3,4)5)60-73-63(68)56-54-52-50-48-46-44-42-40-38-36-29-27-25-23-21-19-17-15-13-11-9-7-2/h62,66H,6-61H2,1-5H3. The van der Waals surface area contributed by atoms with Crippen LogP contribution in [0.25, 0.3) is 0 Å². The van der Waals surface area contributed by atoms with Crippen molar-refractivity contribution in [3.63, 3.8) is 0 Å². The zero-order chi connectivity index (χ0) is 54.8. The highest BCUT2D eigenvalue weighted by Gasteiger charge is 2.22. The quantitative estimate of drug-likeness (QED) is 0.0256. The monoisotopic (exact) mass is 1060 g/mol. The van der Waals surface area contributed by atoms with E-state index in [0.717, 1.165) is 38.5 Å². The van der Waals surface area contributed by atoms with Crippen LogP contribution in [0.5, 0.6) is 0 Å². The second-order valence-corrected chi connectivity index (χ2v) is 24.1. The summed E-state index contributed by atoms with van der Waals surface area (Å²) in [5.74, 6) is -2.25. The number of carboxylic acid groups (broad SMARTS) is 1. The van der Waals surface area contributed by atoms with E-state index in [1.165, 1.54) is 283 Å². The summed E-state index contributed by atoms with van der Waals surface area (Å²) in [6, 6.07) is 0. The molecular formula is C66H129NO8. The Morgan fingerprint density at radius 3 is 0.853 bits per heavy atom. The summed E-state index contributed by atoms with van der Waals surface area (Å²) in [6.45, 7) is 4.84. The average Bonchev–Trinajstić information content (AvgIpc) is 3.38. The zero-order valence-corrected chi connectivity index (χ0v) is 51.0. The van der Waals surface area contributed by atoms with Crippen molar-refractivity contribution < 1.29 is 42.9 Å². The van der Waals surface area contributed by atoms with Gasteiger partial charge in [0.15, 0.2) is 12.4 Å². The van der Waals surface area contributed by atoms with Crippen LogP contribution in [0.4, 0.5) is 0 Å². The normalized spacial score (nSPS) is 12.6. The SMILES string of the molecule is CCCCCCCCCCCCCCCCCCCCCCCCCCCCCCC(=O)OC(COC(=O)CCCCCCCCCCCCCCCCCCCCCCCC)COC(OCC[N+](C)(C)C)C(=O)[O-]. The second kappa shape index (κ2) is 58.4. The minimum absolute atomic E-state index is 0.154. The van der Waals surface area contributed by atoms with E-state index in [-0.39, 0.29) is 32.2 Å². The number of rotatable bonds is 63. The molecule has 9 heteroatoms. The molecule has 2 unspecified atom stereocenters. The van der Waals surface area contributed by atoms with Gasteiger partial charge >= 0.3 is 11.9 Å². The Balaban J connectivity index is 4.08. The van der Waals surface area contributed by atoms with Crippen molar-refractivity contribution in [2.45, 2.75) is 360 Å². The molecule has 0 amide bonds. The molecule has 0 aromatic rings. The topological polar surface area (TPSA) is 111 Å². The van der Waals surface area contributed by atoms with Crippen LogP contribution in [0.3, 0.4) is 0 Å². The first-order chi connectivity index (χ1) is 36.6. The molecule has 75 heavy (non-hydrogen) atoms. The van der Waals surface area contributed by atoms with Gasteiger partial charge < -0.3 is 33.3 Å². The predicted molar refractivity (Wildman–Crippen MR) is 316 cm³/mol. The van der Waals surface area contributed by atoms with Crippen molar-refractivity contribution in [3.05, 3.63) is 0 Å². The number of carbonyl (C=O) groups is 3. The fourth-order valence-corrected chi connectivity index (χ4v) is 10.2. The van der Waals surface area contributed by atoms with Gasteiger partial charge in [0.1, 0.15) is 13.2 Å². The fraction of sp³-hybridized carbons (Fsp3) is 0.955. The van der Waals surface area contributed by atoms with E-state index in [1.807, 2.05) is 21.1 Å². The molecule has 0 spiro atoms. The van der Waals surface area contributed by atoms with Crippen LogP contribution >= 0.6 is 0 Å². The number of likely N-dealkylation sites (N-methyl/N-ethyl adjacent to an activating group) is 1. The van der Waals surface area contributed by atoms with Crippen LogP contribution in [0.1, 0.15) is 348 Å². The highest BCUT2D eigenvalue weighted by molar-refractivity contribution is 5.70. The Hall–Kier alpha value is -1.71. The lowest BCUT2D eigenvalue weighted by molar-refractivity contribution is -0.870. The molecule has 0 N–H and O–H groups in total. The summed E-state index contributed by atoms with van der Waals surface area (Å²) in [7, 11) is 5.95. The Morgan fingerprint density at radius 1 is 0.347 bits per heavy atom. The molecule has 0 aliphatic rings. The average molecular weight is 1060 g/mol. The molecule has 446 valence electrons. The summed E-state index contributed by atoms with van der Waals surface area (Å²) in [4.78, 5) is 37.4. The number of ether oxygens (including phenoxy) is 4. The van der Waals surface area contributed by atoms with Gasteiger partial charge in [0.05, 0.1) is 40.3 Å². The van der Waals surface area contributed by atoms with Crippen LogP contribution in [0, 0.1) is 0 Å². The summed E-state index contributed by atoms with van der Waals surface area (Å²) in [5, 5.41) is 11.8. The summed E-state index contributed by atoms with van der Waals surface area (Å²) >= 11 is 0. The summed E-state index contributed by atoms with van der Waals surface area (Å²) in [6.07, 6.45) is 64.6. The van der Waals surface area contributed by atoms with Crippen molar-refractivity contribution in [2.75, 3.05) is 47.5 Å². The Kier molecular flexibility index (Phi) is 57.1. The van der Waals surface area contributed by atoms with Crippen LogP contribution in [-0.4, -0.2) is 82.3 Å². The minimum atomic E-state index is -1.61. The molecule has 0 aromatic carbocycles. The largest absolute Gasteiger partial charge is 0.545 e. The van der Waals surface area contributed by atoms with Gasteiger partial charge in [-0.25, -0.2) is 0 Å². The maximum atomic E-state index is 12.9. The highest BCUT2D eigenvalue weighted by atomic mass is 16.7. The maximum Gasteiger partial charge on any atom is 0.306 e. The number of aliphatic carboxylic acids is 1. The van der Waals surface area contributed by atoms with E-state index in [4.69, 9.17) is 18.9 Å². The van der Waals surface area contributed by atoms with E-state index in [9.17, 15) is 19.5 Å². The van der Waals surface area contributed by atoms with Crippen molar-refractivity contribution in [1.29, 1.82) is 0 Å². The summed E-state index contributed by atoms with van der Waals surface area (Å²) in [5.41, 5.74) is 0. The van der Waals surface area contributed by atoms with E-state index in [0.29, 0.717) is 17.4 Å². The third-order valence-corrected chi connectivity index (χ3v) is 15.4. The molecule has 9 nitrogen and oxygen atoms in total. The number of hydrogen-bond donors (Lipinski definition) is 0.